The van der Waals surface area contributed by atoms with Gasteiger partial charge in [0, 0.05) is 11.0 Å². The minimum Gasteiger partial charge on any atom is -0.461 e. The van der Waals surface area contributed by atoms with Crippen molar-refractivity contribution in [1.82, 2.24) is 19.4 Å². The molecule has 3 aromatic rings. The van der Waals surface area contributed by atoms with Gasteiger partial charge in [-0.05, 0) is 31.5 Å². The van der Waals surface area contributed by atoms with Gasteiger partial charge in [0.2, 0.25) is 0 Å². The van der Waals surface area contributed by atoms with Crippen molar-refractivity contribution in [2.75, 3.05) is 13.2 Å². The number of carbonyl (C=O) groups excluding carboxylic acids is 2. The number of amides is 1. The third kappa shape index (κ3) is 2.35. The molecular weight excluding hydrogens is 428 g/mol. The summed E-state index contributed by atoms with van der Waals surface area (Å²) in [5.41, 5.74) is 2.74. The fourth-order valence-corrected chi connectivity index (χ4v) is 4.12. The van der Waals surface area contributed by atoms with Crippen LogP contribution in [-0.2, 0) is 4.74 Å². The Hall–Kier alpha value is -2.94. The van der Waals surface area contributed by atoms with E-state index in [1.54, 1.807) is 13.3 Å². The number of imidazole rings is 1. The number of rotatable bonds is 3. The fourth-order valence-electron chi connectivity index (χ4n) is 3.76. The Bertz CT molecular complexity index is 1120. The Labute approximate surface area is 168 Å². The highest BCUT2D eigenvalue weighted by Crippen LogP contribution is 2.44. The van der Waals surface area contributed by atoms with Gasteiger partial charge in [-0.25, -0.2) is 14.8 Å². The van der Waals surface area contributed by atoms with Crippen LogP contribution in [0.5, 0.6) is 0 Å². The van der Waals surface area contributed by atoms with Crippen LogP contribution in [0.4, 0.5) is 0 Å². The lowest BCUT2D eigenvalue weighted by Gasteiger charge is -2.39. The Kier molecular flexibility index (Phi) is 3.87. The second-order valence-corrected chi connectivity index (χ2v) is 7.48. The highest BCUT2D eigenvalue weighted by atomic mass is 79.9. The first-order valence-electron chi connectivity index (χ1n) is 8.89. The molecular formula is C19H15BrN4O4. The van der Waals surface area contributed by atoms with Gasteiger partial charge in [0.1, 0.15) is 12.0 Å². The zero-order valence-electron chi connectivity index (χ0n) is 14.9. The van der Waals surface area contributed by atoms with Gasteiger partial charge in [0.25, 0.3) is 5.91 Å². The molecule has 28 heavy (non-hydrogen) atoms. The summed E-state index contributed by atoms with van der Waals surface area (Å²) in [6.07, 6.45) is 3.67. The number of ether oxygens (including phenoxy) is 1. The van der Waals surface area contributed by atoms with Crippen molar-refractivity contribution >= 4 is 27.8 Å². The highest BCUT2D eigenvalue weighted by molar-refractivity contribution is 9.10. The van der Waals surface area contributed by atoms with E-state index in [0.29, 0.717) is 17.8 Å². The van der Waals surface area contributed by atoms with E-state index in [4.69, 9.17) is 9.15 Å². The van der Waals surface area contributed by atoms with Gasteiger partial charge in [-0.3, -0.25) is 9.36 Å². The number of carbonyl (C=O) groups is 2. The molecule has 0 radical (unpaired) electrons. The van der Waals surface area contributed by atoms with E-state index < -0.39 is 5.97 Å². The second-order valence-electron chi connectivity index (χ2n) is 6.56. The molecule has 0 N–H and O–H groups in total. The first-order valence-corrected chi connectivity index (χ1v) is 9.68. The lowest BCUT2D eigenvalue weighted by molar-refractivity contribution is 0.0459. The van der Waals surface area contributed by atoms with Gasteiger partial charge >= 0.3 is 5.97 Å². The van der Waals surface area contributed by atoms with Gasteiger partial charge < -0.3 is 14.1 Å². The average Bonchev–Trinajstić information content (AvgIpc) is 3.26. The molecule has 9 heteroatoms. The minimum absolute atomic E-state index is 0.0228. The molecule has 1 aromatic carbocycles. The van der Waals surface area contributed by atoms with Crippen molar-refractivity contribution in [3.8, 4) is 17.1 Å². The number of nitrogens with zero attached hydrogens (tertiary/aromatic N) is 4. The summed E-state index contributed by atoms with van der Waals surface area (Å²) in [6.45, 7) is 2.63. The SMILES string of the molecule is CCOC(=O)c1ncoc1-c1ncn2c1[C@@H]1CCN1C(=O)c1cc(Br)ccc1-2. The molecule has 1 fully saturated rings. The summed E-state index contributed by atoms with van der Waals surface area (Å²) in [7, 11) is 0. The van der Waals surface area contributed by atoms with Crippen molar-refractivity contribution in [3.05, 3.63) is 52.3 Å². The van der Waals surface area contributed by atoms with E-state index >= 15 is 0 Å². The van der Waals surface area contributed by atoms with Crippen LogP contribution >= 0.6 is 15.9 Å². The van der Waals surface area contributed by atoms with Gasteiger partial charge in [0.05, 0.1) is 29.6 Å². The van der Waals surface area contributed by atoms with Crippen LogP contribution in [0.1, 0.15) is 45.9 Å². The Balaban J connectivity index is 1.72. The normalized spacial score (nSPS) is 17.3. The second kappa shape index (κ2) is 6.30. The third-order valence-corrected chi connectivity index (χ3v) is 5.59. The van der Waals surface area contributed by atoms with Crippen LogP contribution in [0.3, 0.4) is 0 Å². The molecule has 2 aliphatic heterocycles. The number of esters is 1. The van der Waals surface area contributed by atoms with E-state index in [1.165, 1.54) is 6.39 Å². The highest BCUT2D eigenvalue weighted by Gasteiger charge is 2.42. The molecule has 1 amide bonds. The van der Waals surface area contributed by atoms with Gasteiger partial charge in [-0.2, -0.15) is 0 Å². The van der Waals surface area contributed by atoms with E-state index in [1.807, 2.05) is 27.7 Å². The van der Waals surface area contributed by atoms with E-state index in [0.717, 1.165) is 22.3 Å². The average molecular weight is 443 g/mol. The Morgan fingerprint density at radius 2 is 2.25 bits per heavy atom. The van der Waals surface area contributed by atoms with E-state index in [9.17, 15) is 9.59 Å². The molecule has 0 spiro atoms. The number of benzene rings is 1. The maximum atomic E-state index is 13.0. The zero-order chi connectivity index (χ0) is 19.4. The van der Waals surface area contributed by atoms with Crippen LogP contribution in [0.25, 0.3) is 17.1 Å². The van der Waals surface area contributed by atoms with E-state index in [2.05, 4.69) is 25.9 Å². The van der Waals surface area contributed by atoms with Crippen molar-refractivity contribution in [2.24, 2.45) is 0 Å². The summed E-state index contributed by atoms with van der Waals surface area (Å²) in [5, 5.41) is 0. The molecule has 0 saturated carbocycles. The van der Waals surface area contributed by atoms with Gasteiger partial charge in [-0.1, -0.05) is 15.9 Å². The Morgan fingerprint density at radius 1 is 1.39 bits per heavy atom. The standard InChI is InChI=1S/C19H15BrN4O4/c1-2-27-19(26)15-17(28-9-22-15)14-16-13-5-6-23(13)18(25)11-7-10(20)3-4-12(11)24(16)8-21-14/h3-4,7-9,13H,2,5-6H2,1H3/t13-/m0/s1. The number of halogens is 1. The molecule has 1 saturated heterocycles. The quantitative estimate of drug-likeness (QED) is 0.577. The number of hydrogen-bond acceptors (Lipinski definition) is 6. The maximum absolute atomic E-state index is 13.0. The molecule has 5 rings (SSSR count). The number of hydrogen-bond donors (Lipinski definition) is 0. The van der Waals surface area contributed by atoms with Crippen molar-refractivity contribution in [2.45, 2.75) is 19.4 Å². The summed E-state index contributed by atoms with van der Waals surface area (Å²) < 4.78 is 13.3. The van der Waals surface area contributed by atoms with Crippen LogP contribution < -0.4 is 0 Å². The third-order valence-electron chi connectivity index (χ3n) is 5.10. The van der Waals surface area contributed by atoms with E-state index in [-0.39, 0.29) is 30.0 Å². The van der Waals surface area contributed by atoms with Crippen LogP contribution in [0.15, 0.2) is 39.8 Å². The minimum atomic E-state index is -0.563. The molecule has 0 bridgehead atoms. The molecule has 1 atom stereocenters. The first kappa shape index (κ1) is 17.2. The summed E-state index contributed by atoms with van der Waals surface area (Å²) >= 11 is 3.44. The smallest absolute Gasteiger partial charge is 0.361 e. The Morgan fingerprint density at radius 3 is 3.00 bits per heavy atom. The molecule has 8 nitrogen and oxygen atoms in total. The topological polar surface area (TPSA) is 90.5 Å². The molecule has 2 aliphatic rings. The summed E-state index contributed by atoms with van der Waals surface area (Å²) in [6, 6.07) is 5.44. The molecule has 4 heterocycles. The molecule has 0 aliphatic carbocycles. The maximum Gasteiger partial charge on any atom is 0.361 e. The number of aromatic nitrogens is 3. The summed E-state index contributed by atoms with van der Waals surface area (Å²) in [5.74, 6) is -0.329. The number of fused-ring (bicyclic) bond motifs is 5. The lowest BCUT2D eigenvalue weighted by Crippen LogP contribution is -2.44. The molecule has 142 valence electrons. The van der Waals surface area contributed by atoms with Crippen LogP contribution in [-0.4, -0.2) is 44.5 Å². The van der Waals surface area contributed by atoms with Crippen molar-refractivity contribution in [3.63, 3.8) is 0 Å². The van der Waals surface area contributed by atoms with Crippen LogP contribution in [0, 0.1) is 0 Å². The van der Waals surface area contributed by atoms with Gasteiger partial charge in [-0.15, -0.1) is 0 Å². The lowest BCUT2D eigenvalue weighted by atomic mass is 9.96. The van der Waals surface area contributed by atoms with Crippen molar-refractivity contribution < 1.29 is 18.7 Å². The fraction of sp³-hybridized carbons (Fsp3) is 0.263. The summed E-state index contributed by atoms with van der Waals surface area (Å²) in [4.78, 5) is 35.6. The zero-order valence-corrected chi connectivity index (χ0v) is 16.5. The predicted octanol–water partition coefficient (Wildman–Crippen LogP) is 3.37. The number of oxazole rings is 1. The monoisotopic (exact) mass is 442 g/mol. The largest absolute Gasteiger partial charge is 0.461 e. The predicted molar refractivity (Wildman–Crippen MR) is 101 cm³/mol. The molecule has 0 unspecified atom stereocenters. The van der Waals surface area contributed by atoms with Crippen molar-refractivity contribution in [1.29, 1.82) is 0 Å². The first-order chi connectivity index (χ1) is 13.6. The molecule has 2 aromatic heterocycles. The van der Waals surface area contributed by atoms with Gasteiger partial charge in [0.15, 0.2) is 17.8 Å². The van der Waals surface area contributed by atoms with Crippen LogP contribution in [0.2, 0.25) is 0 Å².